The van der Waals surface area contributed by atoms with Gasteiger partial charge in [0, 0.05) is 31.5 Å². The quantitative estimate of drug-likeness (QED) is 0.790. The van der Waals surface area contributed by atoms with Crippen LogP contribution in [0.4, 0.5) is 4.39 Å². The summed E-state index contributed by atoms with van der Waals surface area (Å²) >= 11 is 0. The second-order valence-corrected chi connectivity index (χ2v) is 8.65. The van der Waals surface area contributed by atoms with Crippen LogP contribution < -0.4 is 5.32 Å². The van der Waals surface area contributed by atoms with Gasteiger partial charge in [-0.25, -0.2) is 17.5 Å². The highest BCUT2D eigenvalue weighted by molar-refractivity contribution is 7.90. The van der Waals surface area contributed by atoms with Crippen molar-refractivity contribution in [2.45, 2.75) is 25.3 Å². The molecule has 2 aromatic rings. The fourth-order valence-corrected chi connectivity index (χ4v) is 3.85. The average molecular weight is 351 g/mol. The molecule has 0 radical (unpaired) electrons. The number of rotatable bonds is 8. The summed E-state index contributed by atoms with van der Waals surface area (Å²) in [5.74, 6) is 0.408. The molecule has 1 aromatic carbocycles. The first-order chi connectivity index (χ1) is 11.4. The molecule has 1 saturated carbocycles. The number of nitrogens with one attached hydrogen (secondary N) is 1. The molecular formula is C17H22FN3O2S. The van der Waals surface area contributed by atoms with Crippen LogP contribution in [0.15, 0.2) is 36.5 Å². The lowest BCUT2D eigenvalue weighted by atomic mass is 10.2. The van der Waals surface area contributed by atoms with Gasteiger partial charge in [-0.15, -0.1) is 0 Å². The van der Waals surface area contributed by atoms with E-state index in [2.05, 4.69) is 10.4 Å². The molecule has 1 aliphatic carbocycles. The van der Waals surface area contributed by atoms with E-state index in [1.807, 2.05) is 12.3 Å². The van der Waals surface area contributed by atoms with E-state index in [9.17, 15) is 12.8 Å². The van der Waals surface area contributed by atoms with Crippen LogP contribution >= 0.6 is 0 Å². The van der Waals surface area contributed by atoms with Crippen molar-refractivity contribution in [2.75, 3.05) is 18.6 Å². The zero-order valence-corrected chi connectivity index (χ0v) is 14.5. The van der Waals surface area contributed by atoms with Crippen molar-refractivity contribution in [1.82, 2.24) is 15.1 Å². The van der Waals surface area contributed by atoms with Crippen molar-refractivity contribution in [3.63, 3.8) is 0 Å². The van der Waals surface area contributed by atoms with Crippen LogP contribution in [0.5, 0.6) is 0 Å². The monoisotopic (exact) mass is 351 g/mol. The van der Waals surface area contributed by atoms with Crippen molar-refractivity contribution in [3.8, 4) is 5.69 Å². The molecule has 1 aromatic heterocycles. The summed E-state index contributed by atoms with van der Waals surface area (Å²) in [6, 6.07) is 8.14. The summed E-state index contributed by atoms with van der Waals surface area (Å²) in [5.41, 5.74) is 1.73. The number of hydrogen-bond donors (Lipinski definition) is 1. The van der Waals surface area contributed by atoms with Gasteiger partial charge in [0.15, 0.2) is 0 Å². The minimum Gasteiger partial charge on any atom is -0.312 e. The van der Waals surface area contributed by atoms with E-state index in [1.54, 1.807) is 16.8 Å². The Kier molecular flexibility index (Phi) is 5.01. The molecule has 5 nitrogen and oxygen atoms in total. The van der Waals surface area contributed by atoms with Crippen LogP contribution in [-0.4, -0.2) is 42.8 Å². The second kappa shape index (κ2) is 7.03. The molecule has 0 unspecified atom stereocenters. The van der Waals surface area contributed by atoms with Crippen molar-refractivity contribution in [2.24, 2.45) is 5.92 Å². The molecule has 130 valence electrons. The fraction of sp³-hybridized carbons (Fsp3) is 0.471. The van der Waals surface area contributed by atoms with Gasteiger partial charge < -0.3 is 5.32 Å². The van der Waals surface area contributed by atoms with Gasteiger partial charge in [0.1, 0.15) is 15.7 Å². The molecule has 0 bridgehead atoms. The number of halogens is 1. The lowest BCUT2D eigenvalue weighted by molar-refractivity contribution is 0.492. The van der Waals surface area contributed by atoms with E-state index >= 15 is 0 Å². The van der Waals surface area contributed by atoms with Crippen molar-refractivity contribution < 1.29 is 12.8 Å². The maximum atomic E-state index is 13.0. The molecule has 1 aliphatic rings. The van der Waals surface area contributed by atoms with Crippen molar-refractivity contribution >= 4 is 9.84 Å². The highest BCUT2D eigenvalue weighted by Gasteiger charge is 2.32. The molecule has 0 aliphatic heterocycles. The normalized spacial score (nSPS) is 16.2. The largest absolute Gasteiger partial charge is 0.312 e. The molecule has 0 saturated heterocycles. The molecule has 0 spiro atoms. The first-order valence-electron chi connectivity index (χ1n) is 8.12. The third-order valence-electron chi connectivity index (χ3n) is 4.20. The third-order valence-corrected chi connectivity index (χ3v) is 5.16. The van der Waals surface area contributed by atoms with Gasteiger partial charge >= 0.3 is 0 Å². The van der Waals surface area contributed by atoms with Crippen LogP contribution in [0.1, 0.15) is 18.5 Å². The van der Waals surface area contributed by atoms with Gasteiger partial charge in [-0.05, 0) is 49.1 Å². The highest BCUT2D eigenvalue weighted by Crippen LogP contribution is 2.33. The summed E-state index contributed by atoms with van der Waals surface area (Å²) in [6.45, 7) is 0.692. The molecule has 1 N–H and O–H groups in total. The van der Waals surface area contributed by atoms with Crippen molar-refractivity contribution in [3.05, 3.63) is 48.0 Å². The smallest absolute Gasteiger partial charge is 0.148 e. The van der Waals surface area contributed by atoms with Gasteiger partial charge in [0.2, 0.25) is 0 Å². The Morgan fingerprint density at radius 2 is 2.00 bits per heavy atom. The lowest BCUT2D eigenvalue weighted by Crippen LogP contribution is -2.38. The SMILES string of the molecule is CS(=O)(=O)C[C@H](NCCc1ccn(-c2ccc(F)cc2)n1)C1CC1. The standard InChI is InChI=1S/C17H22FN3O2S/c1-24(22,23)12-17(13-2-3-13)19-10-8-15-9-11-21(20-15)16-6-4-14(18)5-7-16/h4-7,9,11,13,17,19H,2-3,8,10,12H2,1H3/t17-/m0/s1. The average Bonchev–Trinajstić information content (AvgIpc) is 3.25. The van der Waals surface area contributed by atoms with E-state index < -0.39 is 9.84 Å². The summed E-state index contributed by atoms with van der Waals surface area (Å²) in [7, 11) is -2.97. The van der Waals surface area contributed by atoms with Crippen LogP contribution in [0.2, 0.25) is 0 Å². The predicted molar refractivity (Wildman–Crippen MR) is 91.5 cm³/mol. The fourth-order valence-electron chi connectivity index (χ4n) is 2.80. The Morgan fingerprint density at radius 1 is 1.29 bits per heavy atom. The highest BCUT2D eigenvalue weighted by atomic mass is 32.2. The maximum absolute atomic E-state index is 13.0. The second-order valence-electron chi connectivity index (χ2n) is 6.47. The number of aromatic nitrogens is 2. The minimum absolute atomic E-state index is 0.0409. The topological polar surface area (TPSA) is 64.0 Å². The summed E-state index contributed by atoms with van der Waals surface area (Å²) < 4.78 is 37.7. The number of benzene rings is 1. The molecule has 0 amide bonds. The Bertz CT molecular complexity index is 782. The van der Waals surface area contributed by atoms with Gasteiger partial charge in [0.25, 0.3) is 0 Å². The molecule has 7 heteroatoms. The van der Waals surface area contributed by atoms with Crippen LogP contribution in [0.3, 0.4) is 0 Å². The number of nitrogens with zero attached hydrogens (tertiary/aromatic N) is 2. The molecule has 3 rings (SSSR count). The Morgan fingerprint density at radius 3 is 2.62 bits per heavy atom. The van der Waals surface area contributed by atoms with E-state index in [0.717, 1.165) is 30.6 Å². The van der Waals surface area contributed by atoms with Crippen LogP contribution in [0.25, 0.3) is 5.69 Å². The lowest BCUT2D eigenvalue weighted by Gasteiger charge is -2.16. The zero-order chi connectivity index (χ0) is 17.2. The Hall–Kier alpha value is -1.73. The van der Waals surface area contributed by atoms with Gasteiger partial charge in [-0.1, -0.05) is 0 Å². The Labute approximate surface area is 141 Å². The molecule has 1 heterocycles. The van der Waals surface area contributed by atoms with Gasteiger partial charge in [-0.3, -0.25) is 0 Å². The van der Waals surface area contributed by atoms with Gasteiger partial charge in [-0.2, -0.15) is 5.10 Å². The molecule has 24 heavy (non-hydrogen) atoms. The Balaban J connectivity index is 1.54. The molecule has 1 fully saturated rings. The van der Waals surface area contributed by atoms with Crippen LogP contribution in [0, 0.1) is 11.7 Å². The van der Waals surface area contributed by atoms with E-state index in [-0.39, 0.29) is 17.6 Å². The maximum Gasteiger partial charge on any atom is 0.148 e. The first kappa shape index (κ1) is 17.1. The van der Waals surface area contributed by atoms with E-state index in [1.165, 1.54) is 18.4 Å². The predicted octanol–water partition coefficient (Wildman–Crippen LogP) is 1.97. The zero-order valence-electron chi connectivity index (χ0n) is 13.7. The molecular weight excluding hydrogens is 329 g/mol. The first-order valence-corrected chi connectivity index (χ1v) is 10.2. The molecule has 1 atom stereocenters. The van der Waals surface area contributed by atoms with Crippen molar-refractivity contribution in [1.29, 1.82) is 0 Å². The summed E-state index contributed by atoms with van der Waals surface area (Å²) in [4.78, 5) is 0. The number of sulfone groups is 1. The third kappa shape index (κ3) is 4.88. The van der Waals surface area contributed by atoms with Gasteiger partial charge in [0.05, 0.1) is 17.1 Å². The van der Waals surface area contributed by atoms with E-state index in [0.29, 0.717) is 12.5 Å². The number of hydrogen-bond acceptors (Lipinski definition) is 4. The summed E-state index contributed by atoms with van der Waals surface area (Å²) in [6.07, 6.45) is 6.06. The van der Waals surface area contributed by atoms with Crippen LogP contribution in [-0.2, 0) is 16.3 Å². The van der Waals surface area contributed by atoms with E-state index in [4.69, 9.17) is 0 Å². The summed E-state index contributed by atoms with van der Waals surface area (Å²) in [5, 5.41) is 7.84. The minimum atomic E-state index is -2.97.